The molecule has 0 saturated heterocycles. The van der Waals surface area contributed by atoms with Crippen molar-refractivity contribution >= 4 is 27.5 Å². The van der Waals surface area contributed by atoms with Crippen molar-refractivity contribution in [2.24, 2.45) is 0 Å². The fourth-order valence-electron chi connectivity index (χ4n) is 3.31. The molecule has 8 nitrogen and oxygen atoms in total. The standard InChI is InChI=1S/C22H25NO7S/c1-28-18-6-8-19(9-7-18)29-13-11-22(25)30-15-21(24)17-5-10-20-16(14-17)4-3-12-23(20)31(2,26)27/h5-10,14H,3-4,11-13,15H2,1-2H3. The molecular formula is C22H25NO7S. The molecule has 0 bridgehead atoms. The van der Waals surface area contributed by atoms with E-state index in [-0.39, 0.29) is 25.4 Å². The summed E-state index contributed by atoms with van der Waals surface area (Å²) in [5.74, 6) is 0.421. The third-order valence-electron chi connectivity index (χ3n) is 4.88. The number of sulfonamides is 1. The zero-order valence-electron chi connectivity index (χ0n) is 17.5. The van der Waals surface area contributed by atoms with Gasteiger partial charge in [0.1, 0.15) is 11.5 Å². The van der Waals surface area contributed by atoms with Crippen LogP contribution in [0.2, 0.25) is 0 Å². The van der Waals surface area contributed by atoms with Crippen molar-refractivity contribution in [3.8, 4) is 11.5 Å². The third-order valence-corrected chi connectivity index (χ3v) is 6.06. The van der Waals surface area contributed by atoms with Crippen LogP contribution in [0, 0.1) is 0 Å². The molecule has 1 heterocycles. The Kier molecular flexibility index (Phi) is 7.17. The number of nitrogens with zero attached hydrogens (tertiary/aromatic N) is 1. The summed E-state index contributed by atoms with van der Waals surface area (Å²) in [5, 5.41) is 0. The van der Waals surface area contributed by atoms with Crippen molar-refractivity contribution in [1.29, 1.82) is 0 Å². The molecule has 0 atom stereocenters. The summed E-state index contributed by atoms with van der Waals surface area (Å²) in [6, 6.07) is 11.8. The Hall–Kier alpha value is -3.07. The number of anilines is 1. The summed E-state index contributed by atoms with van der Waals surface area (Å²) in [6.07, 6.45) is 2.54. The molecule has 1 aliphatic rings. The van der Waals surface area contributed by atoms with Gasteiger partial charge in [0.25, 0.3) is 0 Å². The molecule has 1 aliphatic heterocycles. The Morgan fingerprint density at radius 2 is 1.77 bits per heavy atom. The molecule has 0 spiro atoms. The number of methoxy groups -OCH3 is 1. The number of ether oxygens (including phenoxy) is 3. The van der Waals surface area contributed by atoms with Crippen molar-refractivity contribution in [2.45, 2.75) is 19.3 Å². The van der Waals surface area contributed by atoms with Crippen molar-refractivity contribution in [2.75, 3.05) is 37.4 Å². The number of ketones is 1. The number of benzene rings is 2. The minimum absolute atomic E-state index is 0.00676. The highest BCUT2D eigenvalue weighted by Gasteiger charge is 2.24. The highest BCUT2D eigenvalue weighted by atomic mass is 32.2. The number of carbonyl (C=O) groups excluding carboxylic acids is 2. The number of fused-ring (bicyclic) bond motifs is 1. The second kappa shape index (κ2) is 9.82. The minimum atomic E-state index is -3.37. The summed E-state index contributed by atoms with van der Waals surface area (Å²) in [7, 11) is -1.79. The van der Waals surface area contributed by atoms with Crippen molar-refractivity contribution in [3.63, 3.8) is 0 Å². The van der Waals surface area contributed by atoms with Gasteiger partial charge in [-0.3, -0.25) is 13.9 Å². The van der Waals surface area contributed by atoms with Crippen LogP contribution in [-0.2, 0) is 26.0 Å². The molecule has 0 fully saturated rings. The fraction of sp³-hybridized carbons (Fsp3) is 0.364. The molecule has 0 aliphatic carbocycles. The van der Waals surface area contributed by atoms with Crippen LogP contribution in [0.25, 0.3) is 0 Å². The van der Waals surface area contributed by atoms with Crippen LogP contribution in [0.15, 0.2) is 42.5 Å². The second-order valence-corrected chi connectivity index (χ2v) is 9.05. The van der Waals surface area contributed by atoms with Gasteiger partial charge in [0, 0.05) is 12.1 Å². The fourth-order valence-corrected chi connectivity index (χ4v) is 4.30. The van der Waals surface area contributed by atoms with E-state index in [9.17, 15) is 18.0 Å². The summed E-state index contributed by atoms with van der Waals surface area (Å²) >= 11 is 0. The van der Waals surface area contributed by atoms with Gasteiger partial charge < -0.3 is 14.2 Å². The maximum atomic E-state index is 12.4. The number of hydrogen-bond acceptors (Lipinski definition) is 7. The van der Waals surface area contributed by atoms with Crippen LogP contribution in [0.1, 0.15) is 28.8 Å². The molecule has 31 heavy (non-hydrogen) atoms. The van der Waals surface area contributed by atoms with E-state index >= 15 is 0 Å². The van der Waals surface area contributed by atoms with E-state index in [0.717, 1.165) is 5.56 Å². The topological polar surface area (TPSA) is 99.2 Å². The molecule has 0 unspecified atom stereocenters. The number of rotatable bonds is 9. The van der Waals surface area contributed by atoms with E-state index in [1.165, 1.54) is 10.6 Å². The van der Waals surface area contributed by atoms with Gasteiger partial charge in [-0.1, -0.05) is 0 Å². The first-order valence-electron chi connectivity index (χ1n) is 9.84. The number of Topliss-reactive ketones (excluding diaryl/α,β-unsaturated/α-hetero) is 1. The lowest BCUT2D eigenvalue weighted by Crippen LogP contribution is -2.34. The monoisotopic (exact) mass is 447 g/mol. The molecule has 3 rings (SSSR count). The van der Waals surface area contributed by atoms with Gasteiger partial charge in [-0.05, 0) is 60.9 Å². The first-order valence-corrected chi connectivity index (χ1v) is 11.7. The lowest BCUT2D eigenvalue weighted by molar-refractivity contribution is -0.143. The highest BCUT2D eigenvalue weighted by Crippen LogP contribution is 2.30. The van der Waals surface area contributed by atoms with Crippen molar-refractivity contribution < 1.29 is 32.2 Å². The predicted molar refractivity (Wildman–Crippen MR) is 115 cm³/mol. The van der Waals surface area contributed by atoms with E-state index in [4.69, 9.17) is 14.2 Å². The van der Waals surface area contributed by atoms with Gasteiger partial charge in [0.2, 0.25) is 10.0 Å². The van der Waals surface area contributed by atoms with Gasteiger partial charge >= 0.3 is 5.97 Å². The van der Waals surface area contributed by atoms with Crippen LogP contribution in [0.4, 0.5) is 5.69 Å². The molecule has 0 saturated carbocycles. The second-order valence-electron chi connectivity index (χ2n) is 7.14. The number of esters is 1. The first-order chi connectivity index (χ1) is 14.8. The average Bonchev–Trinajstić information content (AvgIpc) is 2.76. The van der Waals surface area contributed by atoms with Gasteiger partial charge in [0.05, 0.1) is 32.1 Å². The molecule has 0 radical (unpaired) electrons. The van der Waals surface area contributed by atoms with Crippen LogP contribution < -0.4 is 13.8 Å². The SMILES string of the molecule is COc1ccc(OCCC(=O)OCC(=O)c2ccc3c(c2)CCCN3S(C)(=O)=O)cc1. The number of carbonyl (C=O) groups is 2. The van der Waals surface area contributed by atoms with Crippen molar-refractivity contribution in [1.82, 2.24) is 0 Å². The zero-order chi connectivity index (χ0) is 22.4. The quantitative estimate of drug-likeness (QED) is 0.430. The Labute approximate surface area is 181 Å². The predicted octanol–water partition coefficient (Wildman–Crippen LogP) is 2.60. The lowest BCUT2D eigenvalue weighted by Gasteiger charge is -2.29. The summed E-state index contributed by atoms with van der Waals surface area (Å²) in [6.45, 7) is 0.171. The van der Waals surface area contributed by atoms with E-state index in [1.807, 2.05) is 0 Å². The Morgan fingerprint density at radius 3 is 2.45 bits per heavy atom. The van der Waals surface area contributed by atoms with E-state index in [0.29, 0.717) is 42.1 Å². The normalized spacial score (nSPS) is 13.3. The van der Waals surface area contributed by atoms with Crippen LogP contribution in [0.5, 0.6) is 11.5 Å². The summed E-state index contributed by atoms with van der Waals surface area (Å²) in [4.78, 5) is 24.3. The van der Waals surface area contributed by atoms with E-state index in [2.05, 4.69) is 0 Å². The molecule has 0 aromatic heterocycles. The largest absolute Gasteiger partial charge is 0.497 e. The zero-order valence-corrected chi connectivity index (χ0v) is 18.3. The molecular weight excluding hydrogens is 422 g/mol. The Bertz CT molecular complexity index is 1050. The van der Waals surface area contributed by atoms with Gasteiger partial charge in [-0.15, -0.1) is 0 Å². The van der Waals surface area contributed by atoms with Crippen LogP contribution in [-0.4, -0.2) is 53.3 Å². The van der Waals surface area contributed by atoms with Crippen molar-refractivity contribution in [3.05, 3.63) is 53.6 Å². The maximum Gasteiger partial charge on any atom is 0.309 e. The minimum Gasteiger partial charge on any atom is -0.497 e. The Morgan fingerprint density at radius 1 is 1.06 bits per heavy atom. The highest BCUT2D eigenvalue weighted by molar-refractivity contribution is 7.92. The third kappa shape index (κ3) is 5.97. The molecule has 2 aromatic carbocycles. The average molecular weight is 448 g/mol. The molecule has 9 heteroatoms. The molecule has 2 aromatic rings. The van der Waals surface area contributed by atoms with Crippen LogP contribution in [0.3, 0.4) is 0 Å². The van der Waals surface area contributed by atoms with Crippen LogP contribution >= 0.6 is 0 Å². The van der Waals surface area contributed by atoms with Gasteiger partial charge in [-0.2, -0.15) is 0 Å². The molecule has 0 amide bonds. The lowest BCUT2D eigenvalue weighted by atomic mass is 9.99. The summed E-state index contributed by atoms with van der Waals surface area (Å²) < 4.78 is 40.8. The molecule has 0 N–H and O–H groups in total. The first kappa shape index (κ1) is 22.6. The Balaban J connectivity index is 1.49. The molecule has 166 valence electrons. The van der Waals surface area contributed by atoms with E-state index in [1.54, 1.807) is 49.6 Å². The maximum absolute atomic E-state index is 12.4. The number of aryl methyl sites for hydroxylation is 1. The van der Waals surface area contributed by atoms with Gasteiger partial charge in [0.15, 0.2) is 12.4 Å². The van der Waals surface area contributed by atoms with Gasteiger partial charge in [-0.25, -0.2) is 8.42 Å². The summed E-state index contributed by atoms with van der Waals surface area (Å²) in [5.41, 5.74) is 1.77. The number of hydrogen-bond donors (Lipinski definition) is 0. The smallest absolute Gasteiger partial charge is 0.309 e. The van der Waals surface area contributed by atoms with E-state index < -0.39 is 16.0 Å².